The molecule has 1 aromatic carbocycles. The minimum Gasteiger partial charge on any atom is -0.489 e. The number of aromatic nitrogens is 3. The van der Waals surface area contributed by atoms with E-state index in [2.05, 4.69) is 20.3 Å². The number of nitrogens with zero attached hydrogens (tertiary/aromatic N) is 2. The second-order valence-electron chi connectivity index (χ2n) is 7.37. The highest BCUT2D eigenvalue weighted by molar-refractivity contribution is 5.96. The lowest BCUT2D eigenvalue weighted by molar-refractivity contribution is -0.117. The molecule has 0 spiro atoms. The first kappa shape index (κ1) is 18.9. The second-order valence-corrected chi connectivity index (χ2v) is 7.37. The fraction of sp³-hybridized carbons (Fsp3) is 0.273. The van der Waals surface area contributed by atoms with Crippen LogP contribution in [0.1, 0.15) is 23.5 Å². The average molecular weight is 390 g/mol. The molecule has 29 heavy (non-hydrogen) atoms. The molecule has 0 bridgehead atoms. The summed E-state index contributed by atoms with van der Waals surface area (Å²) in [6.45, 7) is 4.07. The number of aromatic amines is 1. The van der Waals surface area contributed by atoms with Crippen LogP contribution >= 0.6 is 0 Å². The van der Waals surface area contributed by atoms with E-state index in [4.69, 9.17) is 4.74 Å². The zero-order valence-corrected chi connectivity index (χ0v) is 16.3. The lowest BCUT2D eigenvalue weighted by atomic mass is 9.93. The van der Waals surface area contributed by atoms with Gasteiger partial charge in [-0.05, 0) is 31.9 Å². The van der Waals surface area contributed by atoms with Gasteiger partial charge in [-0.3, -0.25) is 9.59 Å². The van der Waals surface area contributed by atoms with Crippen molar-refractivity contribution in [1.29, 1.82) is 0 Å². The van der Waals surface area contributed by atoms with Crippen LogP contribution in [0.25, 0.3) is 0 Å². The smallest absolute Gasteiger partial charge is 0.248 e. The third-order valence-electron chi connectivity index (χ3n) is 5.33. The van der Waals surface area contributed by atoms with Gasteiger partial charge in [0.1, 0.15) is 5.82 Å². The van der Waals surface area contributed by atoms with Crippen molar-refractivity contribution in [2.45, 2.75) is 25.7 Å². The van der Waals surface area contributed by atoms with Crippen LogP contribution in [0.5, 0.6) is 5.75 Å². The van der Waals surface area contributed by atoms with Crippen LogP contribution in [-0.2, 0) is 10.2 Å². The van der Waals surface area contributed by atoms with Crippen LogP contribution in [0.2, 0.25) is 0 Å². The molecule has 2 N–H and O–H groups in total. The quantitative estimate of drug-likeness (QED) is 0.675. The minimum absolute atomic E-state index is 0.0959. The van der Waals surface area contributed by atoms with Crippen LogP contribution in [0.4, 0.5) is 5.69 Å². The van der Waals surface area contributed by atoms with Crippen molar-refractivity contribution in [2.24, 2.45) is 5.92 Å². The first-order chi connectivity index (χ1) is 14.0. The van der Waals surface area contributed by atoms with Gasteiger partial charge in [-0.2, -0.15) is 0 Å². The molecule has 1 aliphatic rings. The first-order valence-corrected chi connectivity index (χ1v) is 9.46. The van der Waals surface area contributed by atoms with E-state index >= 15 is 0 Å². The summed E-state index contributed by atoms with van der Waals surface area (Å²) in [5.41, 5.74) is 1.78. The number of H-pyrrole nitrogens is 1. The highest BCUT2D eigenvalue weighted by Gasteiger charge is 2.60. The Labute approximate surface area is 168 Å². The fourth-order valence-corrected chi connectivity index (χ4v) is 3.62. The molecule has 2 heterocycles. The van der Waals surface area contributed by atoms with Crippen molar-refractivity contribution < 1.29 is 9.53 Å². The summed E-state index contributed by atoms with van der Waals surface area (Å²) in [6, 6.07) is 12.9. The normalized spacial score (nSPS) is 20.1. The Morgan fingerprint density at radius 3 is 2.72 bits per heavy atom. The molecular weight excluding hydrogens is 368 g/mol. The van der Waals surface area contributed by atoms with Crippen molar-refractivity contribution in [3.8, 4) is 5.75 Å². The van der Waals surface area contributed by atoms with E-state index < -0.39 is 5.41 Å². The first-order valence-electron chi connectivity index (χ1n) is 9.46. The maximum Gasteiger partial charge on any atom is 0.248 e. The molecule has 7 heteroatoms. The van der Waals surface area contributed by atoms with Gasteiger partial charge in [0, 0.05) is 17.7 Å². The largest absolute Gasteiger partial charge is 0.489 e. The number of hydrogen-bond acceptors (Lipinski definition) is 5. The van der Waals surface area contributed by atoms with E-state index in [1.807, 2.05) is 44.2 Å². The minimum atomic E-state index is -0.412. The molecule has 1 fully saturated rings. The van der Waals surface area contributed by atoms with Crippen LogP contribution in [-0.4, -0.2) is 27.5 Å². The highest BCUT2D eigenvalue weighted by Crippen LogP contribution is 2.55. The molecule has 0 aliphatic heterocycles. The van der Waals surface area contributed by atoms with Crippen LogP contribution in [0.3, 0.4) is 0 Å². The van der Waals surface area contributed by atoms with Gasteiger partial charge in [0.25, 0.3) is 0 Å². The van der Waals surface area contributed by atoms with E-state index in [-0.39, 0.29) is 17.4 Å². The van der Waals surface area contributed by atoms with Crippen LogP contribution < -0.4 is 15.6 Å². The number of carbonyl (C=O) groups excluding carboxylic acids is 1. The third-order valence-corrected chi connectivity index (χ3v) is 5.33. The Bertz CT molecular complexity index is 1080. The monoisotopic (exact) mass is 390 g/mol. The van der Waals surface area contributed by atoms with E-state index in [1.54, 1.807) is 12.3 Å². The average Bonchev–Trinajstić information content (AvgIpc) is 3.46. The Hall–Kier alpha value is -3.48. The topological polar surface area (TPSA) is 97.0 Å². The van der Waals surface area contributed by atoms with Crippen molar-refractivity contribution in [2.75, 3.05) is 11.9 Å². The molecule has 7 nitrogen and oxygen atoms in total. The van der Waals surface area contributed by atoms with Gasteiger partial charge in [-0.25, -0.2) is 9.97 Å². The molecule has 2 atom stereocenters. The third kappa shape index (κ3) is 3.89. The molecular formula is C22H22N4O3. The SMILES string of the molecule is Cc1ncc(OC[C@@]2(c3ccccc3)CC2C(=O)Nc2ccc(=O)[nH]c2)c(C)n1. The Morgan fingerprint density at radius 1 is 1.24 bits per heavy atom. The molecule has 148 valence electrons. The summed E-state index contributed by atoms with van der Waals surface area (Å²) in [5, 5.41) is 2.88. The highest BCUT2D eigenvalue weighted by atomic mass is 16.5. The summed E-state index contributed by atoms with van der Waals surface area (Å²) in [6.07, 6.45) is 3.85. The molecule has 4 rings (SSSR count). The molecule has 1 aliphatic carbocycles. The number of anilines is 1. The Balaban J connectivity index is 1.54. The maximum absolute atomic E-state index is 12.9. The van der Waals surface area contributed by atoms with Gasteiger partial charge in [0.05, 0.1) is 30.1 Å². The fourth-order valence-electron chi connectivity index (χ4n) is 3.62. The van der Waals surface area contributed by atoms with Crippen LogP contribution in [0, 0.1) is 19.8 Å². The molecule has 3 aromatic rings. The zero-order valence-electron chi connectivity index (χ0n) is 16.3. The Kier molecular flexibility index (Phi) is 4.88. The van der Waals surface area contributed by atoms with E-state index in [0.717, 1.165) is 11.3 Å². The predicted molar refractivity (Wildman–Crippen MR) is 109 cm³/mol. The number of carbonyl (C=O) groups is 1. The van der Waals surface area contributed by atoms with Crippen LogP contribution in [0.15, 0.2) is 59.7 Å². The van der Waals surface area contributed by atoms with Gasteiger partial charge in [-0.1, -0.05) is 30.3 Å². The molecule has 1 unspecified atom stereocenters. The van der Waals surface area contributed by atoms with Gasteiger partial charge in [0.2, 0.25) is 11.5 Å². The van der Waals surface area contributed by atoms with E-state index in [9.17, 15) is 9.59 Å². The lowest BCUT2D eigenvalue weighted by Gasteiger charge is -2.19. The van der Waals surface area contributed by atoms with Gasteiger partial charge >= 0.3 is 0 Å². The van der Waals surface area contributed by atoms with E-state index in [1.165, 1.54) is 12.3 Å². The van der Waals surface area contributed by atoms with Gasteiger partial charge in [-0.15, -0.1) is 0 Å². The standard InChI is InChI=1S/C22H22N4O3/c1-14-19(12-23-15(2)25-14)29-13-22(16-6-4-3-5-7-16)10-18(22)21(28)26-17-8-9-20(27)24-11-17/h3-9,11-12,18H,10,13H2,1-2H3,(H,24,27)(H,26,28)/t18?,22-/m1/s1. The number of rotatable bonds is 6. The van der Waals surface area contributed by atoms with Crippen molar-refractivity contribution >= 4 is 11.6 Å². The van der Waals surface area contributed by atoms with Crippen molar-refractivity contribution in [1.82, 2.24) is 15.0 Å². The van der Waals surface area contributed by atoms with Gasteiger partial charge < -0.3 is 15.0 Å². The summed E-state index contributed by atoms with van der Waals surface area (Å²) in [4.78, 5) is 35.2. The molecule has 2 aromatic heterocycles. The molecule has 0 saturated heterocycles. The number of aryl methyl sites for hydroxylation is 2. The molecule has 0 radical (unpaired) electrons. The number of ether oxygens (including phenoxy) is 1. The summed E-state index contributed by atoms with van der Waals surface area (Å²) < 4.78 is 6.07. The predicted octanol–water partition coefficient (Wildman–Crippen LogP) is 2.76. The number of pyridine rings is 1. The number of hydrogen-bond donors (Lipinski definition) is 2. The summed E-state index contributed by atoms with van der Waals surface area (Å²) >= 11 is 0. The maximum atomic E-state index is 12.9. The zero-order chi connectivity index (χ0) is 20.4. The summed E-state index contributed by atoms with van der Waals surface area (Å²) in [5.74, 6) is 0.986. The molecule has 1 saturated carbocycles. The van der Waals surface area contributed by atoms with E-state index in [0.29, 0.717) is 30.3 Å². The second kappa shape index (κ2) is 7.50. The molecule has 1 amide bonds. The van der Waals surface area contributed by atoms with Gasteiger partial charge in [0.15, 0.2) is 5.75 Å². The number of amides is 1. The van der Waals surface area contributed by atoms with Crippen molar-refractivity contribution in [3.05, 3.63) is 82.3 Å². The lowest BCUT2D eigenvalue weighted by Crippen LogP contribution is -2.27. The van der Waals surface area contributed by atoms with Crippen molar-refractivity contribution in [3.63, 3.8) is 0 Å². The Morgan fingerprint density at radius 2 is 2.03 bits per heavy atom. The number of nitrogens with one attached hydrogen (secondary N) is 2. The summed E-state index contributed by atoms with van der Waals surface area (Å²) in [7, 11) is 0. The number of benzene rings is 1.